The molecule has 0 fully saturated rings. The van der Waals surface area contributed by atoms with Crippen LogP contribution in [0.1, 0.15) is 5.56 Å². The number of aryl methyl sites for hydroxylation is 1. The van der Waals surface area contributed by atoms with Crippen molar-refractivity contribution in [2.45, 2.75) is 6.92 Å². The van der Waals surface area contributed by atoms with Crippen LogP contribution in [-0.4, -0.2) is 10.1 Å². The van der Waals surface area contributed by atoms with Crippen molar-refractivity contribution in [3.8, 4) is 17.2 Å². The Balaban J connectivity index is 1.55. The molecule has 1 aromatic heterocycles. The Morgan fingerprint density at radius 1 is 0.963 bits per heavy atom. The summed E-state index contributed by atoms with van der Waals surface area (Å²) in [5, 5.41) is 13.7. The fourth-order valence-corrected chi connectivity index (χ4v) is 2.81. The number of phenolic OH excluding ortho intramolecular Hbond substituents is 1. The lowest BCUT2D eigenvalue weighted by Crippen LogP contribution is -1.96. The van der Waals surface area contributed by atoms with Crippen LogP contribution in [0.5, 0.6) is 17.2 Å². The minimum atomic E-state index is -0.616. The number of aromatic hydroxyl groups is 1. The lowest BCUT2D eigenvalue weighted by molar-refractivity contribution is 0.429. The Bertz CT molecular complexity index is 1130. The van der Waals surface area contributed by atoms with Gasteiger partial charge in [-0.05, 0) is 61.0 Å². The van der Waals surface area contributed by atoms with Gasteiger partial charge in [-0.15, -0.1) is 0 Å². The average molecular weight is 360 g/mol. The van der Waals surface area contributed by atoms with Crippen molar-refractivity contribution in [3.05, 3.63) is 84.2 Å². The molecule has 0 aliphatic heterocycles. The molecular formula is C22H17FN2O2. The summed E-state index contributed by atoms with van der Waals surface area (Å²) in [7, 11) is 0. The summed E-state index contributed by atoms with van der Waals surface area (Å²) in [6.45, 7) is 1.93. The molecule has 4 aromatic rings. The number of rotatable bonds is 4. The van der Waals surface area contributed by atoms with Crippen LogP contribution < -0.4 is 10.1 Å². The summed E-state index contributed by atoms with van der Waals surface area (Å²) in [5.41, 5.74) is 2.74. The lowest BCUT2D eigenvalue weighted by Gasteiger charge is -2.12. The van der Waals surface area contributed by atoms with E-state index in [1.54, 1.807) is 6.07 Å². The standard InChI is InChI=1S/C22H17FN2O2/c1-14-12-17(27-21-10-7-16(26)13-18(21)23)8-9-19(14)24-22-11-6-15-4-2-3-5-20(15)25-22/h2-13,26H,1H3,(H,24,25). The van der Waals surface area contributed by atoms with Crippen LogP contribution >= 0.6 is 0 Å². The van der Waals surface area contributed by atoms with Crippen molar-refractivity contribution < 1.29 is 14.2 Å². The number of nitrogens with zero attached hydrogens (tertiary/aromatic N) is 1. The van der Waals surface area contributed by atoms with Crippen molar-refractivity contribution in [2.24, 2.45) is 0 Å². The summed E-state index contributed by atoms with van der Waals surface area (Å²) < 4.78 is 19.4. The molecule has 0 saturated heterocycles. The zero-order valence-corrected chi connectivity index (χ0v) is 14.6. The van der Waals surface area contributed by atoms with Gasteiger partial charge in [-0.25, -0.2) is 9.37 Å². The first-order valence-electron chi connectivity index (χ1n) is 8.48. The molecule has 2 N–H and O–H groups in total. The number of benzene rings is 3. The predicted molar refractivity (Wildman–Crippen MR) is 104 cm³/mol. The number of nitrogens with one attached hydrogen (secondary N) is 1. The van der Waals surface area contributed by atoms with E-state index in [1.165, 1.54) is 12.1 Å². The number of anilines is 2. The van der Waals surface area contributed by atoms with Crippen LogP contribution in [0.3, 0.4) is 0 Å². The highest BCUT2D eigenvalue weighted by Gasteiger charge is 2.08. The van der Waals surface area contributed by atoms with E-state index in [4.69, 9.17) is 4.74 Å². The van der Waals surface area contributed by atoms with Crippen LogP contribution in [0.15, 0.2) is 72.8 Å². The Labute approximate surface area is 155 Å². The number of pyridine rings is 1. The summed E-state index contributed by atoms with van der Waals surface area (Å²) in [5.74, 6) is 0.557. The van der Waals surface area contributed by atoms with E-state index in [0.717, 1.165) is 34.0 Å². The molecule has 0 amide bonds. The van der Waals surface area contributed by atoms with Crippen molar-refractivity contribution in [1.82, 2.24) is 4.98 Å². The molecule has 1 heterocycles. The van der Waals surface area contributed by atoms with E-state index in [9.17, 15) is 9.50 Å². The first-order valence-corrected chi connectivity index (χ1v) is 8.48. The van der Waals surface area contributed by atoms with Gasteiger partial charge in [-0.3, -0.25) is 0 Å². The number of aromatic nitrogens is 1. The molecule has 0 unspecified atom stereocenters. The Hall–Kier alpha value is -3.60. The van der Waals surface area contributed by atoms with Crippen LogP contribution in [0.4, 0.5) is 15.9 Å². The third-order valence-electron chi connectivity index (χ3n) is 4.20. The number of phenols is 1. The smallest absolute Gasteiger partial charge is 0.169 e. The first-order chi connectivity index (χ1) is 13.1. The maximum absolute atomic E-state index is 13.8. The molecule has 0 aliphatic rings. The monoisotopic (exact) mass is 360 g/mol. The van der Waals surface area contributed by atoms with Crippen LogP contribution in [0, 0.1) is 12.7 Å². The Morgan fingerprint density at radius 3 is 2.63 bits per heavy atom. The van der Waals surface area contributed by atoms with Gasteiger partial charge < -0.3 is 15.2 Å². The van der Waals surface area contributed by atoms with E-state index >= 15 is 0 Å². The van der Waals surface area contributed by atoms with Crippen LogP contribution in [-0.2, 0) is 0 Å². The number of ether oxygens (including phenoxy) is 1. The molecule has 27 heavy (non-hydrogen) atoms. The highest BCUT2D eigenvalue weighted by atomic mass is 19.1. The third-order valence-corrected chi connectivity index (χ3v) is 4.20. The van der Waals surface area contributed by atoms with Crippen LogP contribution in [0.2, 0.25) is 0 Å². The molecular weight excluding hydrogens is 343 g/mol. The average Bonchev–Trinajstić information content (AvgIpc) is 2.66. The molecule has 134 valence electrons. The van der Waals surface area contributed by atoms with Gasteiger partial charge in [-0.1, -0.05) is 18.2 Å². The minimum Gasteiger partial charge on any atom is -0.508 e. The normalized spacial score (nSPS) is 10.7. The Kier molecular flexibility index (Phi) is 4.34. The van der Waals surface area contributed by atoms with Gasteiger partial charge in [0.25, 0.3) is 0 Å². The quantitative estimate of drug-likeness (QED) is 0.474. The van der Waals surface area contributed by atoms with Crippen molar-refractivity contribution in [2.75, 3.05) is 5.32 Å². The topological polar surface area (TPSA) is 54.4 Å². The van der Waals surface area contributed by atoms with E-state index in [-0.39, 0.29) is 11.5 Å². The van der Waals surface area contributed by atoms with Crippen LogP contribution in [0.25, 0.3) is 10.9 Å². The second-order valence-corrected chi connectivity index (χ2v) is 6.21. The first kappa shape index (κ1) is 16.8. The number of para-hydroxylation sites is 1. The fourth-order valence-electron chi connectivity index (χ4n) is 2.81. The Morgan fingerprint density at radius 2 is 1.81 bits per heavy atom. The molecule has 0 saturated carbocycles. The van der Waals surface area contributed by atoms with Gasteiger partial charge in [0.2, 0.25) is 0 Å². The van der Waals surface area contributed by atoms with Gasteiger partial charge >= 0.3 is 0 Å². The lowest BCUT2D eigenvalue weighted by atomic mass is 10.2. The van der Waals surface area contributed by atoms with Gasteiger partial charge in [0.05, 0.1) is 5.52 Å². The van der Waals surface area contributed by atoms with E-state index in [0.29, 0.717) is 5.75 Å². The molecule has 3 aromatic carbocycles. The molecule has 4 nitrogen and oxygen atoms in total. The van der Waals surface area contributed by atoms with Gasteiger partial charge in [0.15, 0.2) is 11.6 Å². The highest BCUT2D eigenvalue weighted by molar-refractivity contribution is 5.80. The summed E-state index contributed by atoms with van der Waals surface area (Å²) in [6.07, 6.45) is 0. The third kappa shape index (κ3) is 3.67. The highest BCUT2D eigenvalue weighted by Crippen LogP contribution is 2.30. The van der Waals surface area contributed by atoms with E-state index < -0.39 is 5.82 Å². The largest absolute Gasteiger partial charge is 0.508 e. The zero-order chi connectivity index (χ0) is 18.8. The minimum absolute atomic E-state index is 0.0594. The molecule has 0 radical (unpaired) electrons. The van der Waals surface area contributed by atoms with Gasteiger partial charge in [-0.2, -0.15) is 0 Å². The van der Waals surface area contributed by atoms with Crippen molar-refractivity contribution >= 4 is 22.4 Å². The number of fused-ring (bicyclic) bond motifs is 1. The molecule has 0 aliphatic carbocycles. The molecule has 5 heteroatoms. The summed E-state index contributed by atoms with van der Waals surface area (Å²) >= 11 is 0. The second kappa shape index (κ2) is 6.96. The predicted octanol–water partition coefficient (Wildman–Crippen LogP) is 5.92. The van der Waals surface area contributed by atoms with Crippen molar-refractivity contribution in [3.63, 3.8) is 0 Å². The zero-order valence-electron chi connectivity index (χ0n) is 14.6. The summed E-state index contributed by atoms with van der Waals surface area (Å²) in [6, 6.07) is 21.1. The second-order valence-electron chi connectivity index (χ2n) is 6.21. The maximum Gasteiger partial charge on any atom is 0.169 e. The molecule has 4 rings (SSSR count). The van der Waals surface area contributed by atoms with E-state index in [2.05, 4.69) is 10.3 Å². The number of hydrogen-bond acceptors (Lipinski definition) is 4. The number of hydrogen-bond donors (Lipinski definition) is 2. The number of halogens is 1. The fraction of sp³-hybridized carbons (Fsp3) is 0.0455. The maximum atomic E-state index is 13.8. The molecule has 0 spiro atoms. The van der Waals surface area contributed by atoms with E-state index in [1.807, 2.05) is 55.5 Å². The van der Waals surface area contributed by atoms with Crippen molar-refractivity contribution in [1.29, 1.82) is 0 Å². The van der Waals surface area contributed by atoms with Gasteiger partial charge in [0, 0.05) is 17.1 Å². The SMILES string of the molecule is Cc1cc(Oc2ccc(O)cc2F)ccc1Nc1ccc2ccccc2n1. The van der Waals surface area contributed by atoms with Gasteiger partial charge in [0.1, 0.15) is 17.3 Å². The molecule has 0 atom stereocenters. The molecule has 0 bridgehead atoms. The summed E-state index contributed by atoms with van der Waals surface area (Å²) in [4.78, 5) is 4.61.